The van der Waals surface area contributed by atoms with Crippen molar-refractivity contribution in [2.45, 2.75) is 25.9 Å². The van der Waals surface area contributed by atoms with Gasteiger partial charge in [-0.15, -0.1) is 11.3 Å². The van der Waals surface area contributed by atoms with Crippen LogP contribution in [0.4, 0.5) is 0 Å². The van der Waals surface area contributed by atoms with Crippen molar-refractivity contribution in [2.24, 2.45) is 7.05 Å². The number of ether oxygens (including phenoxy) is 1. The first kappa shape index (κ1) is 17.8. The minimum Gasteiger partial charge on any atom is -0.490 e. The average Bonchev–Trinajstić information content (AvgIpc) is 3.33. The molecule has 140 valence electrons. The molecule has 0 N–H and O–H groups in total. The number of piperidine rings is 1. The van der Waals surface area contributed by atoms with Crippen LogP contribution < -0.4 is 4.74 Å². The van der Waals surface area contributed by atoms with Gasteiger partial charge in [-0.1, -0.05) is 18.2 Å². The van der Waals surface area contributed by atoms with Gasteiger partial charge in [-0.25, -0.2) is 0 Å². The van der Waals surface area contributed by atoms with E-state index in [1.807, 2.05) is 37.1 Å². The van der Waals surface area contributed by atoms with Gasteiger partial charge >= 0.3 is 0 Å². The molecular formula is C21H23N3O2S. The number of hydrogen-bond donors (Lipinski definition) is 0. The van der Waals surface area contributed by atoms with Crippen LogP contribution in [0.5, 0.6) is 5.75 Å². The molecule has 1 fully saturated rings. The van der Waals surface area contributed by atoms with Crippen molar-refractivity contribution in [2.75, 3.05) is 13.1 Å². The minimum absolute atomic E-state index is 0.0110. The molecule has 3 aromatic rings. The number of carbonyl (C=O) groups is 1. The first-order valence-electron chi connectivity index (χ1n) is 9.20. The van der Waals surface area contributed by atoms with Crippen LogP contribution in [0.1, 0.15) is 29.0 Å². The van der Waals surface area contributed by atoms with E-state index in [2.05, 4.69) is 34.7 Å². The van der Waals surface area contributed by atoms with Crippen molar-refractivity contribution in [3.8, 4) is 16.2 Å². The average molecular weight is 382 g/mol. The molecule has 0 aliphatic carbocycles. The fourth-order valence-electron chi connectivity index (χ4n) is 3.36. The van der Waals surface area contributed by atoms with Gasteiger partial charge in [0.2, 0.25) is 0 Å². The highest BCUT2D eigenvalue weighted by Crippen LogP contribution is 2.29. The number of rotatable bonds is 4. The molecule has 3 heterocycles. The van der Waals surface area contributed by atoms with E-state index >= 15 is 0 Å². The third-order valence-corrected chi connectivity index (χ3v) is 5.92. The van der Waals surface area contributed by atoms with Gasteiger partial charge < -0.3 is 9.64 Å². The number of benzene rings is 1. The van der Waals surface area contributed by atoms with E-state index in [0.717, 1.165) is 24.3 Å². The topological polar surface area (TPSA) is 47.4 Å². The number of amides is 1. The van der Waals surface area contributed by atoms with E-state index in [1.165, 1.54) is 10.4 Å². The summed E-state index contributed by atoms with van der Waals surface area (Å²) in [6.07, 6.45) is 1.81. The lowest BCUT2D eigenvalue weighted by molar-refractivity contribution is 0.0589. The number of aromatic nitrogens is 2. The SMILES string of the molecule is Cc1cc(C(=O)N2CCC(Oc3cccc(-c4cccs4)c3)CC2)nn1C. The number of aryl methyl sites for hydroxylation is 2. The number of hydrogen-bond acceptors (Lipinski definition) is 4. The summed E-state index contributed by atoms with van der Waals surface area (Å²) in [7, 11) is 1.86. The zero-order valence-electron chi connectivity index (χ0n) is 15.6. The van der Waals surface area contributed by atoms with Gasteiger partial charge in [0, 0.05) is 43.5 Å². The summed E-state index contributed by atoms with van der Waals surface area (Å²) in [5.74, 6) is 0.905. The predicted molar refractivity (Wildman–Crippen MR) is 107 cm³/mol. The fourth-order valence-corrected chi connectivity index (χ4v) is 4.09. The molecule has 1 amide bonds. The molecule has 0 saturated carbocycles. The molecular weight excluding hydrogens is 358 g/mol. The van der Waals surface area contributed by atoms with E-state index in [4.69, 9.17) is 4.74 Å². The fraction of sp³-hybridized carbons (Fsp3) is 0.333. The Hall–Kier alpha value is -2.60. The van der Waals surface area contributed by atoms with Gasteiger partial charge in [0.1, 0.15) is 11.9 Å². The summed E-state index contributed by atoms with van der Waals surface area (Å²) >= 11 is 1.73. The van der Waals surface area contributed by atoms with Crippen LogP contribution in [0.15, 0.2) is 47.8 Å². The number of likely N-dealkylation sites (tertiary alicyclic amines) is 1. The van der Waals surface area contributed by atoms with Crippen LogP contribution in [-0.2, 0) is 7.05 Å². The monoisotopic (exact) mass is 381 g/mol. The number of carbonyl (C=O) groups excluding carboxylic acids is 1. The summed E-state index contributed by atoms with van der Waals surface area (Å²) in [6.45, 7) is 3.35. The second-order valence-electron chi connectivity index (χ2n) is 6.91. The molecule has 1 aromatic carbocycles. The third kappa shape index (κ3) is 3.90. The molecule has 1 aliphatic heterocycles. The van der Waals surface area contributed by atoms with Crippen molar-refractivity contribution in [1.29, 1.82) is 0 Å². The maximum Gasteiger partial charge on any atom is 0.274 e. The standard InChI is InChI=1S/C21H23N3O2S/c1-15-13-19(22-23(15)2)21(25)24-10-8-17(9-11-24)26-18-6-3-5-16(14-18)20-7-4-12-27-20/h3-7,12-14,17H,8-11H2,1-2H3. The highest BCUT2D eigenvalue weighted by molar-refractivity contribution is 7.13. The Morgan fingerprint density at radius 1 is 1.19 bits per heavy atom. The lowest BCUT2D eigenvalue weighted by atomic mass is 10.1. The second-order valence-corrected chi connectivity index (χ2v) is 7.86. The van der Waals surface area contributed by atoms with Gasteiger partial charge in [0.25, 0.3) is 5.91 Å². The largest absolute Gasteiger partial charge is 0.490 e. The summed E-state index contributed by atoms with van der Waals surface area (Å²) in [5.41, 5.74) is 2.70. The van der Waals surface area contributed by atoms with Crippen LogP contribution in [0.2, 0.25) is 0 Å². The number of thiophene rings is 1. The van der Waals surface area contributed by atoms with Crippen molar-refractivity contribution < 1.29 is 9.53 Å². The molecule has 2 aromatic heterocycles. The van der Waals surface area contributed by atoms with Gasteiger partial charge in [0.15, 0.2) is 5.69 Å². The molecule has 4 rings (SSSR count). The Balaban J connectivity index is 1.36. The van der Waals surface area contributed by atoms with E-state index in [0.29, 0.717) is 18.8 Å². The number of nitrogens with zero attached hydrogens (tertiary/aromatic N) is 3. The minimum atomic E-state index is 0.0110. The first-order chi connectivity index (χ1) is 13.1. The van der Waals surface area contributed by atoms with Crippen LogP contribution in [0, 0.1) is 6.92 Å². The molecule has 0 bridgehead atoms. The molecule has 1 aliphatic rings. The lowest BCUT2D eigenvalue weighted by Crippen LogP contribution is -2.42. The Bertz CT molecular complexity index is 905. The highest BCUT2D eigenvalue weighted by Gasteiger charge is 2.26. The van der Waals surface area contributed by atoms with Crippen LogP contribution >= 0.6 is 11.3 Å². The quantitative estimate of drug-likeness (QED) is 0.682. The molecule has 6 heteroatoms. The summed E-state index contributed by atoms with van der Waals surface area (Å²) in [5, 5.41) is 6.38. The van der Waals surface area contributed by atoms with E-state index in [9.17, 15) is 4.79 Å². The van der Waals surface area contributed by atoms with E-state index < -0.39 is 0 Å². The maximum atomic E-state index is 12.6. The summed E-state index contributed by atoms with van der Waals surface area (Å²) in [4.78, 5) is 15.7. The van der Waals surface area contributed by atoms with Gasteiger partial charge in [0.05, 0.1) is 0 Å². The van der Waals surface area contributed by atoms with Crippen molar-refractivity contribution in [3.63, 3.8) is 0 Å². The van der Waals surface area contributed by atoms with E-state index in [-0.39, 0.29) is 12.0 Å². The predicted octanol–water partition coefficient (Wildman–Crippen LogP) is 4.14. The zero-order valence-corrected chi connectivity index (χ0v) is 16.4. The molecule has 1 saturated heterocycles. The van der Waals surface area contributed by atoms with Gasteiger partial charge in [-0.2, -0.15) is 5.10 Å². The van der Waals surface area contributed by atoms with Crippen molar-refractivity contribution in [3.05, 3.63) is 59.2 Å². The molecule has 0 spiro atoms. The smallest absolute Gasteiger partial charge is 0.274 e. The second kappa shape index (κ2) is 7.56. The Labute approximate surface area is 163 Å². The molecule has 5 nitrogen and oxygen atoms in total. The van der Waals surface area contributed by atoms with Crippen molar-refractivity contribution >= 4 is 17.2 Å². The van der Waals surface area contributed by atoms with Crippen LogP contribution in [-0.4, -0.2) is 39.8 Å². The van der Waals surface area contributed by atoms with Gasteiger partial charge in [-0.05, 0) is 42.1 Å². The van der Waals surface area contributed by atoms with Crippen LogP contribution in [0.25, 0.3) is 10.4 Å². The first-order valence-corrected chi connectivity index (χ1v) is 10.1. The Kier molecular flexibility index (Phi) is 4.99. The maximum absolute atomic E-state index is 12.6. The molecule has 27 heavy (non-hydrogen) atoms. The highest BCUT2D eigenvalue weighted by atomic mass is 32.1. The Morgan fingerprint density at radius 3 is 2.67 bits per heavy atom. The molecule has 0 atom stereocenters. The molecule has 0 unspecified atom stereocenters. The molecule has 0 radical (unpaired) electrons. The van der Waals surface area contributed by atoms with Gasteiger partial charge in [-0.3, -0.25) is 9.48 Å². The van der Waals surface area contributed by atoms with Crippen molar-refractivity contribution in [1.82, 2.24) is 14.7 Å². The Morgan fingerprint density at radius 2 is 2.00 bits per heavy atom. The van der Waals surface area contributed by atoms with E-state index in [1.54, 1.807) is 16.0 Å². The third-order valence-electron chi connectivity index (χ3n) is 5.00. The van der Waals surface area contributed by atoms with Crippen LogP contribution in [0.3, 0.4) is 0 Å². The summed E-state index contributed by atoms with van der Waals surface area (Å²) < 4.78 is 7.94. The zero-order chi connectivity index (χ0) is 18.8. The summed E-state index contributed by atoms with van der Waals surface area (Å²) in [6, 6.07) is 14.3. The lowest BCUT2D eigenvalue weighted by Gasteiger charge is -2.31. The normalized spacial score (nSPS) is 15.1.